The Morgan fingerprint density at radius 1 is 1.17 bits per heavy atom. The highest BCUT2D eigenvalue weighted by atomic mass is 16.7. The number of rotatable bonds is 5. The molecule has 1 aliphatic heterocycles. The van der Waals surface area contributed by atoms with Crippen LogP contribution >= 0.6 is 0 Å². The van der Waals surface area contributed by atoms with Gasteiger partial charge >= 0.3 is 0 Å². The first kappa shape index (κ1) is 17.6. The van der Waals surface area contributed by atoms with Crippen LogP contribution in [-0.2, 0) is 4.74 Å². The average molecular weight is 324 g/mol. The molecule has 0 saturated carbocycles. The maximum absolute atomic E-state index is 11.1. The molecule has 0 aliphatic carbocycles. The Bertz CT molecular complexity index is 570. The summed E-state index contributed by atoms with van der Waals surface area (Å²) in [5, 5.41) is 38.5. The minimum Gasteiger partial charge on any atom is -0.462 e. The Labute approximate surface area is 133 Å². The molecule has 7 heteroatoms. The van der Waals surface area contributed by atoms with E-state index in [-0.39, 0.29) is 5.75 Å². The van der Waals surface area contributed by atoms with E-state index in [1.807, 2.05) is 6.92 Å². The van der Waals surface area contributed by atoms with Crippen LogP contribution in [0.25, 0.3) is 6.08 Å². The third kappa shape index (κ3) is 3.77. The number of carbonyl (C=O) groups excluding carboxylic acids is 1. The van der Waals surface area contributed by atoms with E-state index >= 15 is 0 Å². The molecule has 0 amide bonds. The Hall–Kier alpha value is -1.77. The van der Waals surface area contributed by atoms with Gasteiger partial charge in [-0.05, 0) is 24.6 Å². The van der Waals surface area contributed by atoms with Gasteiger partial charge in [-0.15, -0.1) is 0 Å². The van der Waals surface area contributed by atoms with E-state index in [0.717, 1.165) is 0 Å². The second-order valence-corrected chi connectivity index (χ2v) is 5.22. The highest BCUT2D eigenvalue weighted by Gasteiger charge is 2.44. The summed E-state index contributed by atoms with van der Waals surface area (Å²) in [6, 6.07) is 4.73. The molecule has 0 spiro atoms. The monoisotopic (exact) mass is 324 g/mol. The van der Waals surface area contributed by atoms with Crippen molar-refractivity contribution in [3.8, 4) is 5.75 Å². The molecule has 23 heavy (non-hydrogen) atoms. The van der Waals surface area contributed by atoms with E-state index in [4.69, 9.17) is 14.6 Å². The van der Waals surface area contributed by atoms with Gasteiger partial charge in [-0.25, -0.2) is 0 Å². The van der Waals surface area contributed by atoms with Crippen LogP contribution in [0.15, 0.2) is 24.3 Å². The molecule has 1 aliphatic rings. The van der Waals surface area contributed by atoms with Gasteiger partial charge in [0.1, 0.15) is 30.2 Å². The van der Waals surface area contributed by atoms with Gasteiger partial charge in [0.15, 0.2) is 6.29 Å². The number of hydrogen-bond donors (Lipinski definition) is 4. The lowest BCUT2D eigenvalue weighted by Gasteiger charge is -2.39. The molecule has 1 aromatic carbocycles. The summed E-state index contributed by atoms with van der Waals surface area (Å²) in [6.45, 7) is 1.29. The summed E-state index contributed by atoms with van der Waals surface area (Å²) in [5.74, 6) is 0.254. The maximum Gasteiger partial charge on any atom is 0.229 e. The molecule has 5 atom stereocenters. The number of carbonyl (C=O) groups is 1. The van der Waals surface area contributed by atoms with Crippen LogP contribution < -0.4 is 4.74 Å². The van der Waals surface area contributed by atoms with Crippen molar-refractivity contribution in [2.75, 3.05) is 6.61 Å². The van der Waals surface area contributed by atoms with Gasteiger partial charge < -0.3 is 29.9 Å². The number of benzene rings is 1. The summed E-state index contributed by atoms with van der Waals surface area (Å²) in [4.78, 5) is 11.1. The van der Waals surface area contributed by atoms with Gasteiger partial charge in [0, 0.05) is 5.56 Å². The zero-order chi connectivity index (χ0) is 17.0. The number of hydrogen-bond acceptors (Lipinski definition) is 7. The van der Waals surface area contributed by atoms with Gasteiger partial charge in [0.2, 0.25) is 6.29 Å². The summed E-state index contributed by atoms with van der Waals surface area (Å²) >= 11 is 0. The molecule has 4 N–H and O–H groups in total. The smallest absolute Gasteiger partial charge is 0.229 e. The first-order chi connectivity index (χ1) is 11.0. The normalized spacial score (nSPS) is 31.3. The van der Waals surface area contributed by atoms with Crippen molar-refractivity contribution in [2.45, 2.75) is 37.6 Å². The lowest BCUT2D eigenvalue weighted by atomic mass is 9.99. The molecule has 2 rings (SSSR count). The van der Waals surface area contributed by atoms with Crippen molar-refractivity contribution in [3.63, 3.8) is 0 Å². The molecule has 0 aromatic heterocycles. The van der Waals surface area contributed by atoms with Gasteiger partial charge in [-0.1, -0.05) is 18.2 Å². The van der Waals surface area contributed by atoms with Crippen LogP contribution in [0.4, 0.5) is 0 Å². The predicted molar refractivity (Wildman–Crippen MR) is 80.9 cm³/mol. The van der Waals surface area contributed by atoms with Gasteiger partial charge in [0.25, 0.3) is 0 Å². The number of aliphatic hydroxyl groups excluding tert-OH is 4. The quantitative estimate of drug-likeness (QED) is 0.550. The van der Waals surface area contributed by atoms with Crippen LogP contribution in [0.3, 0.4) is 0 Å². The summed E-state index contributed by atoms with van der Waals surface area (Å²) < 4.78 is 10.7. The van der Waals surface area contributed by atoms with Crippen molar-refractivity contribution >= 4 is 12.4 Å². The van der Waals surface area contributed by atoms with Crippen LogP contribution in [0.2, 0.25) is 0 Å². The molecule has 0 bridgehead atoms. The largest absolute Gasteiger partial charge is 0.462 e. The van der Waals surface area contributed by atoms with Gasteiger partial charge in [-0.3, -0.25) is 4.79 Å². The second kappa shape index (κ2) is 7.67. The maximum atomic E-state index is 11.1. The van der Waals surface area contributed by atoms with E-state index in [0.29, 0.717) is 17.4 Å². The average Bonchev–Trinajstić information content (AvgIpc) is 2.56. The molecule has 1 saturated heterocycles. The fourth-order valence-corrected chi connectivity index (χ4v) is 2.36. The van der Waals surface area contributed by atoms with Crippen molar-refractivity contribution in [1.82, 2.24) is 0 Å². The lowest BCUT2D eigenvalue weighted by Crippen LogP contribution is -2.60. The van der Waals surface area contributed by atoms with Crippen LogP contribution in [0.1, 0.15) is 22.8 Å². The van der Waals surface area contributed by atoms with E-state index in [1.54, 1.807) is 24.3 Å². The first-order valence-corrected chi connectivity index (χ1v) is 7.21. The SMILES string of the molecule is C/C=C/c1ccc(OC2O[C@H](CO)[C@@H](O)[C@H](O)[C@H]2O)cc1C=O. The highest BCUT2D eigenvalue weighted by molar-refractivity contribution is 5.82. The molecular formula is C16H20O7. The Morgan fingerprint density at radius 2 is 1.91 bits per heavy atom. The van der Waals surface area contributed by atoms with Crippen molar-refractivity contribution < 1.29 is 34.7 Å². The molecule has 0 radical (unpaired) electrons. The third-order valence-corrected chi connectivity index (χ3v) is 3.63. The molecular weight excluding hydrogens is 304 g/mol. The topological polar surface area (TPSA) is 116 Å². The standard InChI is InChI=1S/C16H20O7/c1-2-3-9-4-5-11(6-10(9)7-17)22-16-15(21)14(20)13(19)12(8-18)23-16/h2-7,12-16,18-21H,8H2,1H3/b3-2+/t12-,13-,14+,15-,16?/m1/s1. The molecule has 1 unspecified atom stereocenters. The molecule has 1 fully saturated rings. The Kier molecular flexibility index (Phi) is 5.86. The van der Waals surface area contributed by atoms with E-state index in [2.05, 4.69) is 0 Å². The zero-order valence-electron chi connectivity index (χ0n) is 12.6. The summed E-state index contributed by atoms with van der Waals surface area (Å²) in [5.41, 5.74) is 1.11. The fourth-order valence-electron chi connectivity index (χ4n) is 2.36. The zero-order valence-corrected chi connectivity index (χ0v) is 12.6. The number of ether oxygens (including phenoxy) is 2. The van der Waals surface area contributed by atoms with Crippen LogP contribution in [0, 0.1) is 0 Å². The second-order valence-electron chi connectivity index (χ2n) is 5.22. The number of aliphatic hydroxyl groups is 4. The minimum atomic E-state index is -1.52. The Balaban J connectivity index is 2.19. The number of allylic oxidation sites excluding steroid dienone is 1. The highest BCUT2D eigenvalue weighted by Crippen LogP contribution is 2.25. The number of aldehydes is 1. The molecule has 1 aromatic rings. The van der Waals surface area contributed by atoms with Gasteiger partial charge in [0.05, 0.1) is 6.61 Å². The van der Waals surface area contributed by atoms with Crippen LogP contribution in [0.5, 0.6) is 5.75 Å². The van der Waals surface area contributed by atoms with Crippen molar-refractivity contribution in [2.24, 2.45) is 0 Å². The molecule has 126 valence electrons. The van der Waals surface area contributed by atoms with E-state index < -0.39 is 37.3 Å². The fraction of sp³-hybridized carbons (Fsp3) is 0.438. The third-order valence-electron chi connectivity index (χ3n) is 3.63. The van der Waals surface area contributed by atoms with Crippen molar-refractivity contribution in [3.05, 3.63) is 35.4 Å². The van der Waals surface area contributed by atoms with E-state index in [9.17, 15) is 20.1 Å². The van der Waals surface area contributed by atoms with Crippen molar-refractivity contribution in [1.29, 1.82) is 0 Å². The predicted octanol–water partition coefficient (Wildman–Crippen LogP) is -0.289. The molecule has 7 nitrogen and oxygen atoms in total. The minimum absolute atomic E-state index is 0.254. The lowest BCUT2D eigenvalue weighted by molar-refractivity contribution is -0.277. The summed E-state index contributed by atoms with van der Waals surface area (Å²) in [6.07, 6.45) is -2.56. The Morgan fingerprint density at radius 3 is 2.52 bits per heavy atom. The first-order valence-electron chi connectivity index (χ1n) is 7.21. The van der Waals surface area contributed by atoms with Gasteiger partial charge in [-0.2, -0.15) is 0 Å². The van der Waals surface area contributed by atoms with E-state index in [1.165, 1.54) is 6.07 Å². The molecule has 1 heterocycles. The summed E-state index contributed by atoms with van der Waals surface area (Å²) in [7, 11) is 0. The van der Waals surface area contributed by atoms with Crippen LogP contribution in [-0.4, -0.2) is 64.0 Å².